The van der Waals surface area contributed by atoms with Crippen LogP contribution in [-0.4, -0.2) is 37.1 Å². The number of halogens is 2. The number of likely N-dealkylation sites (tertiary alicyclic amines) is 1. The summed E-state index contributed by atoms with van der Waals surface area (Å²) >= 11 is 11.7. The van der Waals surface area contributed by atoms with Crippen LogP contribution in [0.5, 0.6) is 0 Å². The van der Waals surface area contributed by atoms with Crippen molar-refractivity contribution >= 4 is 40.9 Å². The van der Waals surface area contributed by atoms with Gasteiger partial charge < -0.3 is 15.0 Å². The van der Waals surface area contributed by atoms with Gasteiger partial charge in [-0.2, -0.15) is 0 Å². The predicted molar refractivity (Wildman–Crippen MR) is 81.8 cm³/mol. The summed E-state index contributed by atoms with van der Waals surface area (Å²) < 4.78 is 4.72. The highest BCUT2D eigenvalue weighted by atomic mass is 35.5. The number of piperidine rings is 1. The van der Waals surface area contributed by atoms with Crippen LogP contribution in [0.4, 0.5) is 10.5 Å². The van der Waals surface area contributed by atoms with E-state index in [2.05, 4.69) is 5.32 Å². The third kappa shape index (κ3) is 4.02. The highest BCUT2D eigenvalue weighted by molar-refractivity contribution is 6.42. The number of ether oxygens (including phenoxy) is 1. The SMILES string of the molecule is COC(=O)C1CCN(C(=O)Nc2ccc(Cl)c(Cl)c2)CC1. The summed E-state index contributed by atoms with van der Waals surface area (Å²) in [5, 5.41) is 3.59. The number of rotatable bonds is 2. The van der Waals surface area contributed by atoms with Gasteiger partial charge in [-0.05, 0) is 31.0 Å². The summed E-state index contributed by atoms with van der Waals surface area (Å²) in [4.78, 5) is 25.2. The average Bonchev–Trinajstić information content (AvgIpc) is 2.50. The summed E-state index contributed by atoms with van der Waals surface area (Å²) in [6.45, 7) is 1.04. The molecule has 1 aliphatic rings. The molecule has 7 heteroatoms. The minimum atomic E-state index is -0.211. The summed E-state index contributed by atoms with van der Waals surface area (Å²) in [6, 6.07) is 4.70. The summed E-state index contributed by atoms with van der Waals surface area (Å²) in [6.07, 6.45) is 1.23. The molecule has 0 saturated carbocycles. The van der Waals surface area contributed by atoms with Gasteiger partial charge in [-0.15, -0.1) is 0 Å². The zero-order valence-electron chi connectivity index (χ0n) is 11.6. The van der Waals surface area contributed by atoms with Gasteiger partial charge in [-0.25, -0.2) is 4.79 Å². The Kier molecular flexibility index (Phi) is 5.31. The highest BCUT2D eigenvalue weighted by Gasteiger charge is 2.27. The summed E-state index contributed by atoms with van der Waals surface area (Å²) in [5.74, 6) is -0.330. The van der Waals surface area contributed by atoms with Crippen molar-refractivity contribution in [2.45, 2.75) is 12.8 Å². The minimum absolute atomic E-state index is 0.121. The van der Waals surface area contributed by atoms with E-state index in [4.69, 9.17) is 27.9 Å². The Morgan fingerprint density at radius 1 is 1.24 bits per heavy atom. The Labute approximate surface area is 133 Å². The normalized spacial score (nSPS) is 15.7. The molecule has 1 N–H and O–H groups in total. The number of methoxy groups -OCH3 is 1. The van der Waals surface area contributed by atoms with Crippen LogP contribution in [0.1, 0.15) is 12.8 Å². The fraction of sp³-hybridized carbons (Fsp3) is 0.429. The lowest BCUT2D eigenvalue weighted by Crippen LogP contribution is -2.42. The molecule has 1 saturated heterocycles. The van der Waals surface area contributed by atoms with E-state index in [-0.39, 0.29) is 17.9 Å². The molecule has 0 unspecified atom stereocenters. The van der Waals surface area contributed by atoms with Gasteiger partial charge in [0.25, 0.3) is 0 Å². The number of carbonyl (C=O) groups is 2. The van der Waals surface area contributed by atoms with Crippen molar-refractivity contribution in [3.05, 3.63) is 28.2 Å². The average molecular weight is 331 g/mol. The first-order chi connectivity index (χ1) is 10.0. The lowest BCUT2D eigenvalue weighted by molar-refractivity contribution is -0.146. The van der Waals surface area contributed by atoms with Crippen LogP contribution in [0.2, 0.25) is 10.0 Å². The zero-order valence-corrected chi connectivity index (χ0v) is 13.1. The molecule has 1 aromatic carbocycles. The fourth-order valence-electron chi connectivity index (χ4n) is 2.26. The van der Waals surface area contributed by atoms with Crippen LogP contribution in [0.15, 0.2) is 18.2 Å². The Morgan fingerprint density at radius 2 is 1.90 bits per heavy atom. The maximum Gasteiger partial charge on any atom is 0.321 e. The third-order valence-corrected chi connectivity index (χ3v) is 4.23. The molecular formula is C14H16Cl2N2O3. The number of hydrogen-bond acceptors (Lipinski definition) is 3. The quantitative estimate of drug-likeness (QED) is 0.845. The largest absolute Gasteiger partial charge is 0.469 e. The van der Waals surface area contributed by atoms with Crippen molar-refractivity contribution < 1.29 is 14.3 Å². The standard InChI is InChI=1S/C14H16Cl2N2O3/c1-21-13(19)9-4-6-18(7-5-9)14(20)17-10-2-3-11(15)12(16)8-10/h2-3,8-9H,4-7H2,1H3,(H,17,20). The Balaban J connectivity index is 1.90. The van der Waals surface area contributed by atoms with Crippen molar-refractivity contribution in [2.75, 3.05) is 25.5 Å². The van der Waals surface area contributed by atoms with E-state index in [0.717, 1.165) is 0 Å². The molecule has 0 atom stereocenters. The van der Waals surface area contributed by atoms with E-state index >= 15 is 0 Å². The first-order valence-corrected chi connectivity index (χ1v) is 7.35. The van der Waals surface area contributed by atoms with E-state index in [1.54, 1.807) is 23.1 Å². The van der Waals surface area contributed by atoms with E-state index in [9.17, 15) is 9.59 Å². The molecule has 0 spiro atoms. The Morgan fingerprint density at radius 3 is 2.48 bits per heavy atom. The molecule has 0 aliphatic carbocycles. The molecule has 114 valence electrons. The van der Waals surface area contributed by atoms with Crippen molar-refractivity contribution in [1.29, 1.82) is 0 Å². The second-order valence-corrected chi connectivity index (χ2v) is 5.66. The van der Waals surface area contributed by atoms with Crippen molar-refractivity contribution in [3.63, 3.8) is 0 Å². The number of benzene rings is 1. The van der Waals surface area contributed by atoms with Crippen LogP contribution in [0.3, 0.4) is 0 Å². The molecule has 0 bridgehead atoms. The van der Waals surface area contributed by atoms with E-state index in [1.807, 2.05) is 0 Å². The molecule has 0 aromatic heterocycles. The number of amides is 2. The van der Waals surface area contributed by atoms with Crippen molar-refractivity contribution in [3.8, 4) is 0 Å². The minimum Gasteiger partial charge on any atom is -0.469 e. The topological polar surface area (TPSA) is 58.6 Å². The molecule has 2 amide bonds. The molecule has 1 aromatic rings. The zero-order chi connectivity index (χ0) is 15.4. The lowest BCUT2D eigenvalue weighted by atomic mass is 9.97. The summed E-state index contributed by atoms with van der Waals surface area (Å²) in [7, 11) is 1.38. The van der Waals surface area contributed by atoms with Crippen molar-refractivity contribution in [1.82, 2.24) is 4.90 Å². The molecular weight excluding hydrogens is 315 g/mol. The van der Waals surface area contributed by atoms with Gasteiger partial charge in [0.15, 0.2) is 0 Å². The highest BCUT2D eigenvalue weighted by Crippen LogP contribution is 2.25. The van der Waals surface area contributed by atoms with Gasteiger partial charge in [0.2, 0.25) is 0 Å². The van der Waals surface area contributed by atoms with E-state index in [0.29, 0.717) is 41.7 Å². The summed E-state index contributed by atoms with van der Waals surface area (Å²) in [5.41, 5.74) is 0.587. The van der Waals surface area contributed by atoms with Gasteiger partial charge in [0, 0.05) is 18.8 Å². The van der Waals surface area contributed by atoms with E-state index < -0.39 is 0 Å². The molecule has 1 heterocycles. The molecule has 1 aliphatic heterocycles. The second kappa shape index (κ2) is 7.00. The number of nitrogens with zero attached hydrogens (tertiary/aromatic N) is 1. The predicted octanol–water partition coefficient (Wildman–Crippen LogP) is 3.41. The van der Waals surface area contributed by atoms with Gasteiger partial charge in [0.05, 0.1) is 23.1 Å². The smallest absolute Gasteiger partial charge is 0.321 e. The Hall–Kier alpha value is -1.46. The van der Waals surface area contributed by atoms with Crippen LogP contribution >= 0.6 is 23.2 Å². The Bertz CT molecular complexity index is 543. The van der Waals surface area contributed by atoms with E-state index in [1.165, 1.54) is 7.11 Å². The number of anilines is 1. The second-order valence-electron chi connectivity index (χ2n) is 4.84. The number of urea groups is 1. The molecule has 2 rings (SSSR count). The van der Waals surface area contributed by atoms with Crippen LogP contribution in [0.25, 0.3) is 0 Å². The number of carbonyl (C=O) groups excluding carboxylic acids is 2. The molecule has 0 radical (unpaired) electrons. The lowest BCUT2D eigenvalue weighted by Gasteiger charge is -2.30. The van der Waals surface area contributed by atoms with Crippen LogP contribution in [0, 0.1) is 5.92 Å². The van der Waals surface area contributed by atoms with Crippen LogP contribution < -0.4 is 5.32 Å². The number of esters is 1. The molecule has 1 fully saturated rings. The first kappa shape index (κ1) is 15.9. The maximum atomic E-state index is 12.1. The van der Waals surface area contributed by atoms with Gasteiger partial charge in [-0.1, -0.05) is 23.2 Å². The maximum absolute atomic E-state index is 12.1. The van der Waals surface area contributed by atoms with Crippen molar-refractivity contribution in [2.24, 2.45) is 5.92 Å². The third-order valence-electron chi connectivity index (χ3n) is 3.49. The van der Waals surface area contributed by atoms with Gasteiger partial charge in [0.1, 0.15) is 0 Å². The number of nitrogens with one attached hydrogen (secondary N) is 1. The van der Waals surface area contributed by atoms with Gasteiger partial charge >= 0.3 is 12.0 Å². The first-order valence-electron chi connectivity index (χ1n) is 6.60. The monoisotopic (exact) mass is 330 g/mol. The molecule has 21 heavy (non-hydrogen) atoms. The van der Waals surface area contributed by atoms with Crippen LogP contribution in [-0.2, 0) is 9.53 Å². The molecule has 5 nitrogen and oxygen atoms in total. The fourth-order valence-corrected chi connectivity index (χ4v) is 2.56. The number of hydrogen-bond donors (Lipinski definition) is 1. The van der Waals surface area contributed by atoms with Gasteiger partial charge in [-0.3, -0.25) is 4.79 Å².